The Balaban J connectivity index is 1.34. The van der Waals surface area contributed by atoms with E-state index in [1.165, 1.54) is 29.7 Å². The van der Waals surface area contributed by atoms with Gasteiger partial charge in [-0.05, 0) is 81.4 Å². The van der Waals surface area contributed by atoms with Crippen molar-refractivity contribution >= 4 is 23.7 Å². The zero-order valence-corrected chi connectivity index (χ0v) is 18.4. The van der Waals surface area contributed by atoms with E-state index >= 15 is 0 Å². The first-order chi connectivity index (χ1) is 13.5. The van der Waals surface area contributed by atoms with Crippen molar-refractivity contribution in [3.63, 3.8) is 0 Å². The molecule has 0 spiro atoms. The molecule has 5 nitrogen and oxygen atoms in total. The molecule has 2 aliphatic heterocycles. The Morgan fingerprint density at radius 2 is 2.04 bits per heavy atom. The molecular formula is C22H35N3O2S. The van der Waals surface area contributed by atoms with E-state index in [-0.39, 0.29) is 12.2 Å². The zero-order chi connectivity index (χ0) is 19.9. The zero-order valence-electron chi connectivity index (χ0n) is 17.6. The second-order valence-electron chi connectivity index (χ2n) is 8.21. The summed E-state index contributed by atoms with van der Waals surface area (Å²) in [6.07, 6.45) is 7.71. The van der Waals surface area contributed by atoms with Crippen molar-refractivity contribution in [3.05, 3.63) is 29.3 Å². The first kappa shape index (κ1) is 21.3. The van der Waals surface area contributed by atoms with E-state index in [4.69, 9.17) is 4.74 Å². The van der Waals surface area contributed by atoms with Crippen molar-refractivity contribution in [1.29, 1.82) is 0 Å². The maximum Gasteiger partial charge on any atom is 0.410 e. The number of piperidine rings is 1. The lowest BCUT2D eigenvalue weighted by atomic mass is 9.92. The molecule has 156 valence electrons. The number of amides is 1. The lowest BCUT2D eigenvalue weighted by Crippen LogP contribution is -2.39. The lowest BCUT2D eigenvalue weighted by Gasteiger charge is -2.31. The number of likely N-dealkylation sites (tertiary alicyclic amines) is 1. The summed E-state index contributed by atoms with van der Waals surface area (Å²) < 4.78 is 7.72. The predicted molar refractivity (Wildman–Crippen MR) is 118 cm³/mol. The molecule has 28 heavy (non-hydrogen) atoms. The third-order valence-electron chi connectivity index (χ3n) is 5.77. The summed E-state index contributed by atoms with van der Waals surface area (Å²) >= 11 is 1.84. The van der Waals surface area contributed by atoms with E-state index in [1.54, 1.807) is 0 Å². The van der Waals surface area contributed by atoms with Crippen LogP contribution in [0.1, 0.15) is 50.7 Å². The molecule has 0 radical (unpaired) electrons. The fraction of sp³-hybridized carbons (Fsp3) is 0.682. The number of hydrogen-bond donors (Lipinski definition) is 1. The van der Waals surface area contributed by atoms with Crippen molar-refractivity contribution in [2.24, 2.45) is 5.92 Å². The molecule has 1 amide bonds. The minimum atomic E-state index is -0.150. The number of hydrogen-bond acceptors (Lipinski definition) is 5. The predicted octanol–water partition coefficient (Wildman–Crippen LogP) is 4.77. The summed E-state index contributed by atoms with van der Waals surface area (Å²) in [5.41, 5.74) is 4.22. The first-order valence-corrected chi connectivity index (χ1v) is 11.8. The van der Waals surface area contributed by atoms with E-state index in [1.807, 2.05) is 30.7 Å². The fourth-order valence-corrected chi connectivity index (χ4v) is 4.64. The average molecular weight is 406 g/mol. The lowest BCUT2D eigenvalue weighted by molar-refractivity contribution is 0.0647. The van der Waals surface area contributed by atoms with Crippen LogP contribution in [0, 0.1) is 5.92 Å². The normalized spacial score (nSPS) is 18.2. The quantitative estimate of drug-likeness (QED) is 0.523. The van der Waals surface area contributed by atoms with E-state index < -0.39 is 0 Å². The Bertz CT molecular complexity index is 645. The highest BCUT2D eigenvalue weighted by atomic mass is 32.2. The highest BCUT2D eigenvalue weighted by Crippen LogP contribution is 2.26. The second kappa shape index (κ2) is 10.4. The van der Waals surface area contributed by atoms with Gasteiger partial charge in [-0.25, -0.2) is 9.10 Å². The van der Waals surface area contributed by atoms with Crippen LogP contribution in [0.4, 0.5) is 10.5 Å². The minimum Gasteiger partial charge on any atom is -0.447 e. The van der Waals surface area contributed by atoms with Gasteiger partial charge in [-0.3, -0.25) is 0 Å². The summed E-state index contributed by atoms with van der Waals surface area (Å²) in [5, 5.41) is 3.60. The largest absolute Gasteiger partial charge is 0.447 e. The van der Waals surface area contributed by atoms with Crippen molar-refractivity contribution in [1.82, 2.24) is 9.21 Å². The molecule has 0 aliphatic carbocycles. The Morgan fingerprint density at radius 3 is 2.75 bits per heavy atom. The fourth-order valence-electron chi connectivity index (χ4n) is 4.10. The number of carbonyl (C=O) groups is 1. The number of nitrogens with zero attached hydrogens (tertiary/aromatic N) is 2. The van der Waals surface area contributed by atoms with Crippen molar-refractivity contribution in [2.75, 3.05) is 37.8 Å². The highest BCUT2D eigenvalue weighted by Gasteiger charge is 2.24. The van der Waals surface area contributed by atoms with Crippen molar-refractivity contribution < 1.29 is 9.53 Å². The maximum atomic E-state index is 12.0. The summed E-state index contributed by atoms with van der Waals surface area (Å²) in [6.45, 7) is 8.69. The van der Waals surface area contributed by atoms with Gasteiger partial charge in [-0.15, -0.1) is 0 Å². The van der Waals surface area contributed by atoms with E-state index in [9.17, 15) is 4.79 Å². The molecule has 0 atom stereocenters. The molecule has 2 aliphatic rings. The van der Waals surface area contributed by atoms with E-state index in [0.717, 1.165) is 57.9 Å². The molecule has 1 aromatic carbocycles. The number of benzene rings is 1. The standard InChI is InChI=1S/C22H35N3O2S/c1-17(2)27-22(26)24-12-8-18(9-13-24)5-4-11-23-21-7-6-20-16-25(28-3)14-10-19(20)15-21/h6-7,15,17-18,23H,4-5,8-14,16H2,1-3H3. The van der Waals surface area contributed by atoms with Gasteiger partial charge >= 0.3 is 6.09 Å². The molecule has 3 rings (SSSR count). The minimum absolute atomic E-state index is 0.0376. The van der Waals surface area contributed by atoms with Crippen LogP contribution >= 0.6 is 11.9 Å². The van der Waals surface area contributed by atoms with Gasteiger partial charge in [0, 0.05) is 38.4 Å². The Morgan fingerprint density at radius 1 is 1.25 bits per heavy atom. The van der Waals surface area contributed by atoms with Crippen LogP contribution in [0.15, 0.2) is 18.2 Å². The summed E-state index contributed by atoms with van der Waals surface area (Å²) in [4.78, 5) is 13.8. The first-order valence-electron chi connectivity index (χ1n) is 10.7. The smallest absolute Gasteiger partial charge is 0.410 e. The molecule has 1 saturated heterocycles. The van der Waals surface area contributed by atoms with Gasteiger partial charge in [-0.1, -0.05) is 18.0 Å². The van der Waals surface area contributed by atoms with Gasteiger partial charge in [0.15, 0.2) is 0 Å². The number of ether oxygens (including phenoxy) is 1. The van der Waals surface area contributed by atoms with Gasteiger partial charge in [-0.2, -0.15) is 0 Å². The summed E-state index contributed by atoms with van der Waals surface area (Å²) in [6, 6.07) is 6.85. The molecule has 6 heteroatoms. The van der Waals surface area contributed by atoms with Crippen molar-refractivity contribution in [3.8, 4) is 0 Å². The Hall–Kier alpha value is -1.40. The Kier molecular flexibility index (Phi) is 7.91. The topological polar surface area (TPSA) is 44.8 Å². The SMILES string of the molecule is CSN1CCc2cc(NCCCC3CCN(C(=O)OC(C)C)CC3)ccc2C1. The van der Waals surface area contributed by atoms with Gasteiger partial charge in [0.2, 0.25) is 0 Å². The molecule has 1 fully saturated rings. The number of carbonyl (C=O) groups excluding carboxylic acids is 1. The highest BCUT2D eigenvalue weighted by molar-refractivity contribution is 7.96. The van der Waals surface area contributed by atoms with Crippen LogP contribution < -0.4 is 5.32 Å². The Labute approximate surface area is 174 Å². The van der Waals surface area contributed by atoms with Crippen LogP contribution in [0.25, 0.3) is 0 Å². The van der Waals surface area contributed by atoms with E-state index in [0.29, 0.717) is 0 Å². The van der Waals surface area contributed by atoms with Crippen LogP contribution in [-0.2, 0) is 17.7 Å². The van der Waals surface area contributed by atoms with Crippen LogP contribution in [0.2, 0.25) is 0 Å². The monoisotopic (exact) mass is 405 g/mol. The third kappa shape index (κ3) is 6.05. The molecule has 1 aromatic rings. The molecule has 1 N–H and O–H groups in total. The average Bonchev–Trinajstić information content (AvgIpc) is 2.70. The van der Waals surface area contributed by atoms with Gasteiger partial charge in [0.05, 0.1) is 6.10 Å². The molecule has 0 bridgehead atoms. The van der Waals surface area contributed by atoms with Gasteiger partial charge in [0.25, 0.3) is 0 Å². The second-order valence-corrected chi connectivity index (χ2v) is 9.09. The van der Waals surface area contributed by atoms with Gasteiger partial charge in [0.1, 0.15) is 0 Å². The van der Waals surface area contributed by atoms with E-state index in [2.05, 4.69) is 34.1 Å². The molecular weight excluding hydrogens is 370 g/mol. The van der Waals surface area contributed by atoms with Crippen LogP contribution in [0.5, 0.6) is 0 Å². The number of anilines is 1. The number of rotatable bonds is 7. The molecule has 0 aromatic heterocycles. The third-order valence-corrected chi connectivity index (χ3v) is 6.60. The van der Waals surface area contributed by atoms with Gasteiger partial charge < -0.3 is 15.0 Å². The maximum absolute atomic E-state index is 12.0. The van der Waals surface area contributed by atoms with Crippen LogP contribution in [-0.4, -0.2) is 53.8 Å². The number of fused-ring (bicyclic) bond motifs is 1. The molecule has 0 unspecified atom stereocenters. The molecule has 0 saturated carbocycles. The summed E-state index contributed by atoms with van der Waals surface area (Å²) in [7, 11) is 0. The summed E-state index contributed by atoms with van der Waals surface area (Å²) in [5.74, 6) is 0.728. The molecule has 2 heterocycles. The van der Waals surface area contributed by atoms with Crippen molar-refractivity contribution in [2.45, 2.75) is 58.6 Å². The van der Waals surface area contributed by atoms with Crippen LogP contribution in [0.3, 0.4) is 0 Å². The number of nitrogens with one attached hydrogen (secondary N) is 1.